The Bertz CT molecular complexity index is 825. The van der Waals surface area contributed by atoms with E-state index in [4.69, 9.17) is 0 Å². The zero-order valence-corrected chi connectivity index (χ0v) is 12.9. The summed E-state index contributed by atoms with van der Waals surface area (Å²) in [7, 11) is 1.72. The fraction of sp³-hybridized carbons (Fsp3) is 0.125. The molecular formula is C16H16N6O2. The van der Waals surface area contributed by atoms with E-state index in [0.717, 1.165) is 0 Å². The molecule has 0 aliphatic carbocycles. The Labute approximate surface area is 137 Å². The van der Waals surface area contributed by atoms with Gasteiger partial charge in [0, 0.05) is 19.3 Å². The number of carbonyl (C=O) groups is 2. The molecule has 0 unspecified atom stereocenters. The SMILES string of the molecule is Cn1cc(C(=O)N[C@@H](C(=O)Nc2ccn[nH]2)c2ccccc2)cn1. The highest BCUT2D eigenvalue weighted by molar-refractivity contribution is 6.01. The monoisotopic (exact) mass is 324 g/mol. The van der Waals surface area contributed by atoms with Gasteiger partial charge in [0.15, 0.2) is 0 Å². The summed E-state index contributed by atoms with van der Waals surface area (Å²) in [6.45, 7) is 0. The van der Waals surface area contributed by atoms with E-state index in [0.29, 0.717) is 16.9 Å². The van der Waals surface area contributed by atoms with Crippen LogP contribution in [0.1, 0.15) is 22.0 Å². The number of amides is 2. The maximum atomic E-state index is 12.6. The van der Waals surface area contributed by atoms with Gasteiger partial charge in [0.05, 0.1) is 18.0 Å². The van der Waals surface area contributed by atoms with Crippen LogP contribution in [-0.2, 0) is 11.8 Å². The molecule has 0 aliphatic rings. The van der Waals surface area contributed by atoms with Crippen molar-refractivity contribution in [2.24, 2.45) is 7.05 Å². The van der Waals surface area contributed by atoms with Gasteiger partial charge in [-0.2, -0.15) is 10.2 Å². The van der Waals surface area contributed by atoms with Gasteiger partial charge in [-0.3, -0.25) is 19.4 Å². The lowest BCUT2D eigenvalue weighted by atomic mass is 10.1. The predicted molar refractivity (Wildman–Crippen MR) is 87.1 cm³/mol. The average molecular weight is 324 g/mol. The molecule has 8 heteroatoms. The first kappa shape index (κ1) is 15.5. The number of aryl methyl sites for hydroxylation is 1. The third kappa shape index (κ3) is 3.49. The topological polar surface area (TPSA) is 105 Å². The molecule has 8 nitrogen and oxygen atoms in total. The van der Waals surface area contributed by atoms with Crippen molar-refractivity contribution in [3.8, 4) is 0 Å². The number of nitrogens with zero attached hydrogens (tertiary/aromatic N) is 3. The number of hydrogen-bond donors (Lipinski definition) is 3. The minimum absolute atomic E-state index is 0.373. The van der Waals surface area contributed by atoms with Crippen molar-refractivity contribution in [3.63, 3.8) is 0 Å². The summed E-state index contributed by atoms with van der Waals surface area (Å²) in [6, 6.07) is 9.80. The predicted octanol–water partition coefficient (Wildman–Crippen LogP) is 1.25. The summed E-state index contributed by atoms with van der Waals surface area (Å²) >= 11 is 0. The fourth-order valence-electron chi connectivity index (χ4n) is 2.23. The second-order valence-corrected chi connectivity index (χ2v) is 5.18. The first-order chi connectivity index (χ1) is 11.6. The van der Waals surface area contributed by atoms with Gasteiger partial charge in [-0.15, -0.1) is 0 Å². The van der Waals surface area contributed by atoms with Gasteiger partial charge in [0.25, 0.3) is 11.8 Å². The lowest BCUT2D eigenvalue weighted by Crippen LogP contribution is -2.37. The molecule has 1 aromatic carbocycles. The molecule has 0 fully saturated rings. The van der Waals surface area contributed by atoms with Gasteiger partial charge < -0.3 is 10.6 Å². The molecular weight excluding hydrogens is 308 g/mol. The number of nitrogens with one attached hydrogen (secondary N) is 3. The second kappa shape index (κ2) is 6.78. The maximum absolute atomic E-state index is 12.6. The number of H-pyrrole nitrogens is 1. The normalized spacial score (nSPS) is 11.7. The quantitative estimate of drug-likeness (QED) is 0.657. The molecule has 3 aromatic rings. The summed E-state index contributed by atoms with van der Waals surface area (Å²) in [5.41, 5.74) is 1.06. The Morgan fingerprint density at radius 3 is 2.62 bits per heavy atom. The van der Waals surface area contributed by atoms with Crippen molar-refractivity contribution in [2.45, 2.75) is 6.04 Å². The minimum atomic E-state index is -0.845. The number of benzene rings is 1. The van der Waals surface area contributed by atoms with Crippen molar-refractivity contribution in [1.29, 1.82) is 0 Å². The van der Waals surface area contributed by atoms with Crippen LogP contribution in [0.15, 0.2) is 55.0 Å². The maximum Gasteiger partial charge on any atom is 0.255 e. The molecule has 24 heavy (non-hydrogen) atoms. The second-order valence-electron chi connectivity index (χ2n) is 5.18. The number of aromatic amines is 1. The Hall–Kier alpha value is -3.42. The Kier molecular flexibility index (Phi) is 4.37. The Morgan fingerprint density at radius 1 is 1.21 bits per heavy atom. The van der Waals surface area contributed by atoms with Crippen LogP contribution in [0.5, 0.6) is 0 Å². The molecule has 2 amide bonds. The number of rotatable bonds is 5. The number of aromatic nitrogens is 4. The molecule has 0 saturated carbocycles. The number of carbonyl (C=O) groups excluding carboxylic acids is 2. The number of anilines is 1. The third-order valence-corrected chi connectivity index (χ3v) is 3.40. The summed E-state index contributed by atoms with van der Waals surface area (Å²) in [5, 5.41) is 15.8. The van der Waals surface area contributed by atoms with Crippen molar-refractivity contribution in [3.05, 3.63) is 66.1 Å². The van der Waals surface area contributed by atoms with Crippen LogP contribution in [0, 0.1) is 0 Å². The highest BCUT2D eigenvalue weighted by atomic mass is 16.2. The average Bonchev–Trinajstić information content (AvgIpc) is 3.24. The van der Waals surface area contributed by atoms with Gasteiger partial charge in [-0.25, -0.2) is 0 Å². The van der Waals surface area contributed by atoms with Crippen molar-refractivity contribution >= 4 is 17.6 Å². The molecule has 3 rings (SSSR count). The van der Waals surface area contributed by atoms with Gasteiger partial charge in [-0.1, -0.05) is 30.3 Å². The summed E-state index contributed by atoms with van der Waals surface area (Å²) < 4.78 is 1.52. The van der Waals surface area contributed by atoms with E-state index in [2.05, 4.69) is 25.9 Å². The molecule has 0 bridgehead atoms. The summed E-state index contributed by atoms with van der Waals surface area (Å²) in [4.78, 5) is 25.0. The first-order valence-corrected chi connectivity index (χ1v) is 7.28. The molecule has 2 aromatic heterocycles. The van der Waals surface area contributed by atoms with E-state index >= 15 is 0 Å². The molecule has 1 atom stereocenters. The minimum Gasteiger partial charge on any atom is -0.336 e. The molecule has 3 N–H and O–H groups in total. The smallest absolute Gasteiger partial charge is 0.255 e. The van der Waals surface area contributed by atoms with Crippen molar-refractivity contribution < 1.29 is 9.59 Å². The fourth-order valence-corrected chi connectivity index (χ4v) is 2.23. The van der Waals surface area contributed by atoms with Crippen molar-refractivity contribution in [1.82, 2.24) is 25.3 Å². The zero-order valence-electron chi connectivity index (χ0n) is 12.9. The van der Waals surface area contributed by atoms with Gasteiger partial charge in [-0.05, 0) is 5.56 Å². The molecule has 0 spiro atoms. The Morgan fingerprint density at radius 2 is 2.00 bits per heavy atom. The van der Waals surface area contributed by atoms with Crippen LogP contribution >= 0.6 is 0 Å². The van der Waals surface area contributed by atoms with Crippen LogP contribution in [0.3, 0.4) is 0 Å². The molecule has 0 saturated heterocycles. The highest BCUT2D eigenvalue weighted by Crippen LogP contribution is 2.16. The summed E-state index contributed by atoms with van der Waals surface area (Å²) in [5.74, 6) is -0.295. The highest BCUT2D eigenvalue weighted by Gasteiger charge is 2.24. The van der Waals surface area contributed by atoms with E-state index in [9.17, 15) is 9.59 Å². The molecule has 122 valence electrons. The lowest BCUT2D eigenvalue weighted by molar-refractivity contribution is -0.118. The van der Waals surface area contributed by atoms with Crippen LogP contribution in [-0.4, -0.2) is 31.8 Å². The van der Waals surface area contributed by atoms with E-state index in [-0.39, 0.29) is 11.8 Å². The van der Waals surface area contributed by atoms with Crippen LogP contribution in [0.2, 0.25) is 0 Å². The largest absolute Gasteiger partial charge is 0.336 e. The zero-order chi connectivity index (χ0) is 16.9. The molecule has 2 heterocycles. The standard InChI is InChI=1S/C16H16N6O2/c1-22-10-12(9-18-22)15(23)20-14(11-5-3-2-4-6-11)16(24)19-13-7-8-17-21-13/h2-10,14H,1H3,(H,20,23)(H2,17,19,21,24)/t14-/m1/s1. The van der Waals surface area contributed by atoms with Gasteiger partial charge in [0.2, 0.25) is 0 Å². The van der Waals surface area contributed by atoms with Gasteiger partial charge in [0.1, 0.15) is 11.9 Å². The van der Waals surface area contributed by atoms with Crippen molar-refractivity contribution in [2.75, 3.05) is 5.32 Å². The molecule has 0 aliphatic heterocycles. The van der Waals surface area contributed by atoms with Crippen LogP contribution in [0.4, 0.5) is 5.82 Å². The summed E-state index contributed by atoms with van der Waals surface area (Å²) in [6.07, 6.45) is 4.57. The van der Waals surface area contributed by atoms with Crippen LogP contribution < -0.4 is 10.6 Å². The van der Waals surface area contributed by atoms with Gasteiger partial charge >= 0.3 is 0 Å². The van der Waals surface area contributed by atoms with E-state index in [1.165, 1.54) is 17.1 Å². The third-order valence-electron chi connectivity index (χ3n) is 3.40. The molecule has 0 radical (unpaired) electrons. The number of hydrogen-bond acceptors (Lipinski definition) is 4. The first-order valence-electron chi connectivity index (χ1n) is 7.28. The lowest BCUT2D eigenvalue weighted by Gasteiger charge is -2.18. The Balaban J connectivity index is 1.82. The van der Waals surface area contributed by atoms with E-state index in [1.54, 1.807) is 31.4 Å². The van der Waals surface area contributed by atoms with E-state index < -0.39 is 6.04 Å². The van der Waals surface area contributed by atoms with Crippen LogP contribution in [0.25, 0.3) is 0 Å². The van der Waals surface area contributed by atoms with E-state index in [1.807, 2.05) is 18.2 Å².